The van der Waals surface area contributed by atoms with Crippen LogP contribution in [0, 0.1) is 17.6 Å². The van der Waals surface area contributed by atoms with E-state index in [1.807, 2.05) is 0 Å². The van der Waals surface area contributed by atoms with Crippen molar-refractivity contribution >= 4 is 28.3 Å². The van der Waals surface area contributed by atoms with Crippen LogP contribution in [-0.2, 0) is 23.8 Å². The van der Waals surface area contributed by atoms with Crippen LogP contribution in [0.3, 0.4) is 0 Å². The number of ether oxygens (including phenoxy) is 2. The molecule has 1 aliphatic carbocycles. The summed E-state index contributed by atoms with van der Waals surface area (Å²) in [5.74, 6) is -0.920. The summed E-state index contributed by atoms with van der Waals surface area (Å²) in [5, 5.41) is 21.7. The zero-order chi connectivity index (χ0) is 31.8. The van der Waals surface area contributed by atoms with Crippen LogP contribution in [0.25, 0.3) is 27.5 Å². The maximum atomic E-state index is 15.4. The van der Waals surface area contributed by atoms with Crippen LogP contribution in [0.4, 0.5) is 8.78 Å². The lowest BCUT2D eigenvalue weighted by Gasteiger charge is -2.12. The van der Waals surface area contributed by atoms with Gasteiger partial charge in [-0.3, -0.25) is 0 Å². The number of carboxylic acid groups (broad SMARTS) is 1. The fraction of sp³-hybridized carbons (Fsp3) is 0.219. The summed E-state index contributed by atoms with van der Waals surface area (Å²) in [6.45, 7) is 0. The number of rotatable bonds is 11. The lowest BCUT2D eigenvalue weighted by molar-refractivity contribution is 0.0691. The number of hydrogen-bond acceptors (Lipinski definition) is 7. The molecule has 5 aromatic rings. The van der Waals surface area contributed by atoms with E-state index < -0.39 is 28.6 Å². The van der Waals surface area contributed by atoms with Crippen molar-refractivity contribution in [2.24, 2.45) is 11.1 Å². The van der Waals surface area contributed by atoms with Crippen LogP contribution in [0.1, 0.15) is 40.2 Å². The van der Waals surface area contributed by atoms with Crippen LogP contribution >= 0.6 is 11.3 Å². The van der Waals surface area contributed by atoms with Gasteiger partial charge in [0.15, 0.2) is 5.69 Å². The zero-order valence-electron chi connectivity index (χ0n) is 24.3. The predicted molar refractivity (Wildman–Crippen MR) is 166 cm³/mol. The predicted octanol–water partition coefficient (Wildman–Crippen LogP) is 6.18. The fourth-order valence-electron chi connectivity index (χ4n) is 5.20. The molecule has 0 amide bonds. The Morgan fingerprint density at radius 1 is 1.04 bits per heavy atom. The van der Waals surface area contributed by atoms with Crippen molar-refractivity contribution in [3.05, 3.63) is 94.1 Å². The Hall–Kier alpha value is -4.46. The average molecular weight is 651 g/mol. The second-order valence-corrected chi connectivity index (χ2v) is 12.6. The van der Waals surface area contributed by atoms with Crippen molar-refractivity contribution < 1.29 is 32.4 Å². The first kappa shape index (κ1) is 30.6. The molecule has 1 aliphatic rings. The van der Waals surface area contributed by atoms with Crippen LogP contribution in [0.5, 0.6) is 11.5 Å². The maximum Gasteiger partial charge on any atom is 0.355 e. The molecule has 1 fully saturated rings. The molecule has 0 saturated heterocycles. The second-order valence-electron chi connectivity index (χ2n) is 10.7. The Balaban J connectivity index is 1.55. The third kappa shape index (κ3) is 6.37. The van der Waals surface area contributed by atoms with Crippen molar-refractivity contribution in [2.75, 3.05) is 14.2 Å². The Bertz CT molecular complexity index is 1930. The first-order chi connectivity index (χ1) is 21.6. The summed E-state index contributed by atoms with van der Waals surface area (Å²) in [6.07, 6.45) is 2.94. The summed E-state index contributed by atoms with van der Waals surface area (Å²) in [6, 6.07) is 14.1. The lowest BCUT2D eigenvalue weighted by atomic mass is 9.94. The number of halogens is 2. The first-order valence-corrected chi connectivity index (χ1v) is 16.0. The molecular weight excluding hydrogens is 623 g/mol. The molecule has 0 aliphatic heterocycles. The minimum absolute atomic E-state index is 0.102. The number of hydrogen-bond donors (Lipinski definition) is 2. The highest BCUT2D eigenvalue weighted by atomic mass is 32.2. The molecule has 0 spiro atoms. The zero-order valence-corrected chi connectivity index (χ0v) is 25.9. The molecular formula is C32H28F2N4O5S2. The number of carbonyl (C=O) groups is 1. The Labute approximate surface area is 263 Å². The summed E-state index contributed by atoms with van der Waals surface area (Å²) in [4.78, 5) is 15.9. The highest BCUT2D eigenvalue weighted by molar-refractivity contribution is 7.82. The smallest absolute Gasteiger partial charge is 0.355 e. The van der Waals surface area contributed by atoms with E-state index in [2.05, 4.69) is 4.98 Å². The van der Waals surface area contributed by atoms with E-state index in [4.69, 9.17) is 19.7 Å². The van der Waals surface area contributed by atoms with Gasteiger partial charge in [0.2, 0.25) is 5.13 Å². The van der Waals surface area contributed by atoms with E-state index in [1.165, 1.54) is 37.8 Å². The van der Waals surface area contributed by atoms with Gasteiger partial charge in [-0.1, -0.05) is 6.07 Å². The summed E-state index contributed by atoms with van der Waals surface area (Å²) in [5.41, 5.74) is 3.98. The second kappa shape index (κ2) is 12.5. The standard InChI is InChI=1S/C32H28F2N4O5S2/c1-42-21-12-20(13-22(15-21)43-2)23-14-19(6-7-25(23)33)30-24(9-18-5-8-29(45(35)41)26(34)10-18)28(11-17-3-4-17)38(37-30)32-36-27(16-44-32)31(39)40/h5-8,10,12-17H,3-4,9,11,35H2,1-2H3,(H,39,40). The molecule has 0 radical (unpaired) electrons. The molecule has 3 aromatic carbocycles. The number of nitrogens with zero attached hydrogens (tertiary/aromatic N) is 3. The summed E-state index contributed by atoms with van der Waals surface area (Å²) in [7, 11) is 1.05. The maximum absolute atomic E-state index is 15.4. The highest BCUT2D eigenvalue weighted by Gasteiger charge is 2.30. The minimum atomic E-state index is -1.98. The molecule has 1 unspecified atom stereocenters. The van der Waals surface area contributed by atoms with Crippen LogP contribution < -0.4 is 14.6 Å². The fourth-order valence-corrected chi connectivity index (χ4v) is 6.43. The molecule has 3 N–H and O–H groups in total. The van der Waals surface area contributed by atoms with Crippen molar-refractivity contribution in [3.8, 4) is 39.0 Å². The van der Waals surface area contributed by atoms with Crippen LogP contribution in [0.15, 0.2) is 64.9 Å². The van der Waals surface area contributed by atoms with Crippen molar-refractivity contribution in [1.29, 1.82) is 0 Å². The Morgan fingerprint density at radius 2 is 1.78 bits per heavy atom. The molecule has 45 heavy (non-hydrogen) atoms. The quantitative estimate of drug-likeness (QED) is 0.175. The van der Waals surface area contributed by atoms with Gasteiger partial charge in [0.25, 0.3) is 0 Å². The Morgan fingerprint density at radius 3 is 2.38 bits per heavy atom. The molecule has 1 atom stereocenters. The molecule has 1 saturated carbocycles. The van der Waals surface area contributed by atoms with Gasteiger partial charge in [0.1, 0.15) is 34.1 Å². The average Bonchev–Trinajstić information content (AvgIpc) is 3.58. The highest BCUT2D eigenvalue weighted by Crippen LogP contribution is 2.40. The third-order valence-corrected chi connectivity index (χ3v) is 9.24. The normalized spacial score (nSPS) is 13.5. The SMILES string of the molecule is COc1cc(OC)cc(-c2cc(-c3nn(-c4nc(C(=O)O)cs4)c(CC4CC4)c3Cc3ccc(S(N)=O)c(F)c3)ccc2F)c1. The van der Waals surface area contributed by atoms with Crippen molar-refractivity contribution in [1.82, 2.24) is 14.8 Å². The van der Waals surface area contributed by atoms with E-state index in [-0.39, 0.29) is 22.6 Å². The molecule has 2 aromatic heterocycles. The van der Waals surface area contributed by atoms with E-state index in [0.717, 1.165) is 35.4 Å². The number of carboxylic acids is 1. The Kier molecular flexibility index (Phi) is 8.49. The number of benzene rings is 3. The van der Waals surface area contributed by atoms with Gasteiger partial charge in [-0.2, -0.15) is 5.10 Å². The number of methoxy groups -OCH3 is 2. The third-order valence-electron chi connectivity index (χ3n) is 7.66. The number of aromatic carboxylic acids is 1. The van der Waals surface area contributed by atoms with E-state index in [0.29, 0.717) is 51.4 Å². The number of aromatic nitrogens is 3. The van der Waals surface area contributed by atoms with Gasteiger partial charge in [-0.05, 0) is 78.8 Å². The topological polar surface area (TPSA) is 130 Å². The number of nitrogens with two attached hydrogens (primary N) is 1. The van der Waals surface area contributed by atoms with Gasteiger partial charge < -0.3 is 14.6 Å². The molecule has 232 valence electrons. The minimum Gasteiger partial charge on any atom is -0.497 e. The van der Waals surface area contributed by atoms with Gasteiger partial charge in [0.05, 0.1) is 30.5 Å². The van der Waals surface area contributed by atoms with Gasteiger partial charge in [-0.15, -0.1) is 11.3 Å². The molecule has 9 nitrogen and oxygen atoms in total. The molecule has 2 heterocycles. The summed E-state index contributed by atoms with van der Waals surface area (Å²) >= 11 is 1.15. The van der Waals surface area contributed by atoms with Crippen molar-refractivity contribution in [2.45, 2.75) is 30.6 Å². The summed E-state index contributed by atoms with van der Waals surface area (Å²) < 4.78 is 54.5. The van der Waals surface area contributed by atoms with Crippen LogP contribution in [0.2, 0.25) is 0 Å². The van der Waals surface area contributed by atoms with E-state index in [9.17, 15) is 18.5 Å². The van der Waals surface area contributed by atoms with Gasteiger partial charge >= 0.3 is 5.97 Å². The first-order valence-electron chi connectivity index (χ1n) is 13.9. The van der Waals surface area contributed by atoms with Gasteiger partial charge in [-0.25, -0.2) is 32.6 Å². The molecule has 6 rings (SSSR count). The van der Waals surface area contributed by atoms with E-state index >= 15 is 4.39 Å². The van der Waals surface area contributed by atoms with Crippen molar-refractivity contribution in [3.63, 3.8) is 0 Å². The van der Waals surface area contributed by atoms with Gasteiger partial charge in [0, 0.05) is 34.6 Å². The monoisotopic (exact) mass is 650 g/mol. The largest absolute Gasteiger partial charge is 0.497 e. The van der Waals surface area contributed by atoms with E-state index in [1.54, 1.807) is 41.1 Å². The van der Waals surface area contributed by atoms with Crippen LogP contribution in [-0.4, -0.2) is 44.3 Å². The molecule has 13 heteroatoms. The number of thiazole rings is 1. The molecule has 0 bridgehead atoms. The lowest BCUT2D eigenvalue weighted by Crippen LogP contribution is -2.07.